The van der Waals surface area contributed by atoms with Gasteiger partial charge < -0.3 is 15.6 Å². The fraction of sp³-hybridized carbons (Fsp3) is 0.353. The lowest BCUT2D eigenvalue weighted by Crippen LogP contribution is -2.39. The lowest BCUT2D eigenvalue weighted by atomic mass is 10.1. The second-order valence-corrected chi connectivity index (χ2v) is 6.19. The van der Waals surface area contributed by atoms with Crippen LogP contribution in [0.1, 0.15) is 5.56 Å². The van der Waals surface area contributed by atoms with E-state index in [1.54, 1.807) is 19.2 Å². The molecule has 0 aliphatic heterocycles. The highest BCUT2D eigenvalue weighted by Crippen LogP contribution is 2.19. The lowest BCUT2D eigenvalue weighted by Gasteiger charge is -2.11. The third kappa shape index (κ3) is 5.32. The Morgan fingerprint density at radius 1 is 1.39 bits per heavy atom. The smallest absolute Gasteiger partial charge is 0.191 e. The summed E-state index contributed by atoms with van der Waals surface area (Å²) < 4.78 is 13.4. The molecular formula is C17H23FN4S. The maximum atomic E-state index is 13.4. The van der Waals surface area contributed by atoms with Crippen LogP contribution in [0.3, 0.4) is 0 Å². The van der Waals surface area contributed by atoms with Gasteiger partial charge in [-0.3, -0.25) is 4.99 Å². The highest BCUT2D eigenvalue weighted by atomic mass is 32.2. The van der Waals surface area contributed by atoms with E-state index in [4.69, 9.17) is 0 Å². The Balaban J connectivity index is 1.78. The number of thioether (sulfide) groups is 1. The summed E-state index contributed by atoms with van der Waals surface area (Å²) in [5, 5.41) is 7.49. The zero-order valence-electron chi connectivity index (χ0n) is 13.4. The predicted octanol–water partition coefficient (Wildman–Crippen LogP) is 2.93. The van der Waals surface area contributed by atoms with Crippen molar-refractivity contribution in [2.24, 2.45) is 4.99 Å². The van der Waals surface area contributed by atoms with Crippen LogP contribution in [-0.2, 0) is 6.42 Å². The second-order valence-electron chi connectivity index (χ2n) is 5.04. The molecule has 0 fully saturated rings. The van der Waals surface area contributed by atoms with Crippen molar-refractivity contribution in [1.29, 1.82) is 0 Å². The van der Waals surface area contributed by atoms with Crippen molar-refractivity contribution in [2.45, 2.75) is 6.42 Å². The Kier molecular flexibility index (Phi) is 7.00. The first-order valence-electron chi connectivity index (χ1n) is 7.63. The molecule has 6 heteroatoms. The van der Waals surface area contributed by atoms with Gasteiger partial charge in [-0.05, 0) is 30.2 Å². The van der Waals surface area contributed by atoms with E-state index < -0.39 is 0 Å². The van der Waals surface area contributed by atoms with Crippen LogP contribution in [0.25, 0.3) is 10.9 Å². The summed E-state index contributed by atoms with van der Waals surface area (Å²) in [5.74, 6) is 2.55. The molecule has 124 valence electrons. The topological polar surface area (TPSA) is 52.2 Å². The van der Waals surface area contributed by atoms with Crippen LogP contribution >= 0.6 is 11.8 Å². The third-order valence-electron chi connectivity index (χ3n) is 3.41. The maximum absolute atomic E-state index is 13.4. The van der Waals surface area contributed by atoms with E-state index in [2.05, 4.69) is 27.2 Å². The minimum Gasteiger partial charge on any atom is -0.361 e. The number of H-pyrrole nitrogens is 1. The number of aromatic amines is 1. The molecule has 2 aromatic rings. The van der Waals surface area contributed by atoms with Crippen LogP contribution in [0.4, 0.5) is 4.39 Å². The largest absolute Gasteiger partial charge is 0.361 e. The van der Waals surface area contributed by atoms with Gasteiger partial charge in [0.05, 0.1) is 0 Å². The van der Waals surface area contributed by atoms with Gasteiger partial charge in [-0.2, -0.15) is 11.8 Å². The van der Waals surface area contributed by atoms with Gasteiger partial charge in [-0.15, -0.1) is 6.58 Å². The number of aromatic nitrogens is 1. The number of rotatable bonds is 8. The molecule has 1 heterocycles. The third-order valence-corrected chi connectivity index (χ3v) is 4.38. The minimum absolute atomic E-state index is 0.208. The number of halogens is 1. The van der Waals surface area contributed by atoms with Crippen molar-refractivity contribution in [1.82, 2.24) is 15.6 Å². The summed E-state index contributed by atoms with van der Waals surface area (Å²) in [4.78, 5) is 7.37. The monoisotopic (exact) mass is 334 g/mol. The normalized spacial score (nSPS) is 11.7. The molecule has 2 rings (SSSR count). The first-order chi connectivity index (χ1) is 11.2. The molecule has 1 aromatic heterocycles. The number of hydrogen-bond donors (Lipinski definition) is 3. The average molecular weight is 334 g/mol. The lowest BCUT2D eigenvalue weighted by molar-refractivity contribution is 0.629. The number of nitrogens with zero attached hydrogens (tertiary/aromatic N) is 1. The highest BCUT2D eigenvalue weighted by Gasteiger charge is 2.05. The summed E-state index contributed by atoms with van der Waals surface area (Å²) in [6, 6.07) is 4.81. The molecule has 3 N–H and O–H groups in total. The molecule has 0 aliphatic rings. The molecule has 0 bridgehead atoms. The van der Waals surface area contributed by atoms with Gasteiger partial charge in [0.1, 0.15) is 5.82 Å². The van der Waals surface area contributed by atoms with Crippen molar-refractivity contribution in [2.75, 3.05) is 31.6 Å². The van der Waals surface area contributed by atoms with Crippen molar-refractivity contribution in [3.8, 4) is 0 Å². The zero-order valence-corrected chi connectivity index (χ0v) is 14.2. The minimum atomic E-state index is -0.208. The van der Waals surface area contributed by atoms with Gasteiger partial charge in [0.2, 0.25) is 0 Å². The molecule has 23 heavy (non-hydrogen) atoms. The van der Waals surface area contributed by atoms with Crippen molar-refractivity contribution < 1.29 is 4.39 Å². The SMILES string of the molecule is C=CCSCCNC(=NC)NCCc1c[nH]c2ccc(F)cc12. The second kappa shape index (κ2) is 9.25. The van der Waals surface area contributed by atoms with Gasteiger partial charge in [0.15, 0.2) is 5.96 Å². The Morgan fingerprint density at radius 3 is 3.00 bits per heavy atom. The summed E-state index contributed by atoms with van der Waals surface area (Å²) >= 11 is 1.83. The van der Waals surface area contributed by atoms with Crippen LogP contribution in [0.5, 0.6) is 0 Å². The van der Waals surface area contributed by atoms with E-state index in [1.165, 1.54) is 6.07 Å². The molecule has 0 amide bonds. The van der Waals surface area contributed by atoms with E-state index in [0.29, 0.717) is 0 Å². The van der Waals surface area contributed by atoms with Gasteiger partial charge in [-0.25, -0.2) is 4.39 Å². The van der Waals surface area contributed by atoms with E-state index in [9.17, 15) is 4.39 Å². The van der Waals surface area contributed by atoms with Gasteiger partial charge in [-0.1, -0.05) is 6.08 Å². The molecule has 0 saturated heterocycles. The van der Waals surface area contributed by atoms with Crippen LogP contribution in [0, 0.1) is 5.82 Å². The maximum Gasteiger partial charge on any atom is 0.191 e. The zero-order chi connectivity index (χ0) is 16.5. The Bertz CT molecular complexity index is 666. The van der Waals surface area contributed by atoms with Crippen LogP contribution in [-0.4, -0.2) is 42.6 Å². The Morgan fingerprint density at radius 2 is 2.22 bits per heavy atom. The van der Waals surface area contributed by atoms with E-state index in [0.717, 1.165) is 53.4 Å². The first-order valence-corrected chi connectivity index (χ1v) is 8.78. The summed E-state index contributed by atoms with van der Waals surface area (Å²) in [7, 11) is 1.76. The fourth-order valence-corrected chi connectivity index (χ4v) is 2.88. The Labute approximate surface area is 140 Å². The van der Waals surface area contributed by atoms with Crippen LogP contribution < -0.4 is 10.6 Å². The number of guanidine groups is 1. The molecule has 0 spiro atoms. The highest BCUT2D eigenvalue weighted by molar-refractivity contribution is 7.99. The van der Waals surface area contributed by atoms with Gasteiger partial charge in [0, 0.05) is 48.7 Å². The Hall–Kier alpha value is -1.95. The molecule has 1 aromatic carbocycles. The van der Waals surface area contributed by atoms with Crippen LogP contribution in [0.2, 0.25) is 0 Å². The van der Waals surface area contributed by atoms with Gasteiger partial charge in [0.25, 0.3) is 0 Å². The number of nitrogens with one attached hydrogen (secondary N) is 3. The molecule has 0 atom stereocenters. The summed E-state index contributed by atoms with van der Waals surface area (Å²) in [5.41, 5.74) is 2.06. The molecule has 4 nitrogen and oxygen atoms in total. The molecule has 0 unspecified atom stereocenters. The number of benzene rings is 1. The van der Waals surface area contributed by atoms with E-state index in [1.807, 2.05) is 24.0 Å². The predicted molar refractivity (Wildman–Crippen MR) is 98.8 cm³/mol. The van der Waals surface area contributed by atoms with Crippen molar-refractivity contribution >= 4 is 28.6 Å². The molecular weight excluding hydrogens is 311 g/mol. The standard InChI is InChI=1S/C17H23FN4S/c1-3-9-23-10-8-21-17(19-2)20-7-6-13-12-22-16-5-4-14(18)11-15(13)16/h3-5,11-12,22H,1,6-10H2,2H3,(H2,19,20,21). The van der Waals surface area contributed by atoms with Crippen LogP contribution in [0.15, 0.2) is 42.0 Å². The van der Waals surface area contributed by atoms with E-state index >= 15 is 0 Å². The summed E-state index contributed by atoms with van der Waals surface area (Å²) in [6.07, 6.45) is 4.64. The molecule has 0 radical (unpaired) electrons. The quantitative estimate of drug-likeness (QED) is 0.301. The van der Waals surface area contributed by atoms with Gasteiger partial charge >= 0.3 is 0 Å². The van der Waals surface area contributed by atoms with Crippen molar-refractivity contribution in [3.05, 3.63) is 48.4 Å². The number of fused-ring (bicyclic) bond motifs is 1. The summed E-state index contributed by atoms with van der Waals surface area (Å²) in [6.45, 7) is 5.29. The molecule has 0 saturated carbocycles. The van der Waals surface area contributed by atoms with Crippen molar-refractivity contribution in [3.63, 3.8) is 0 Å². The molecule has 0 aliphatic carbocycles. The first kappa shape index (κ1) is 17.4. The van der Waals surface area contributed by atoms with E-state index in [-0.39, 0.29) is 5.82 Å². The number of hydrogen-bond acceptors (Lipinski definition) is 2. The average Bonchev–Trinajstić information content (AvgIpc) is 2.95. The fourth-order valence-electron chi connectivity index (χ4n) is 2.30. The number of aliphatic imine (C=N–C) groups is 1.